The molecular formula is C27H42N2O6. The van der Waals surface area contributed by atoms with Crippen molar-refractivity contribution in [2.24, 2.45) is 11.8 Å². The maximum Gasteiger partial charge on any atom is 0.312 e. The first-order valence-corrected chi connectivity index (χ1v) is 13.1. The number of aliphatic hydroxyl groups is 1. The van der Waals surface area contributed by atoms with E-state index in [0.717, 1.165) is 32.1 Å². The summed E-state index contributed by atoms with van der Waals surface area (Å²) in [4.78, 5) is 44.4. The smallest absolute Gasteiger partial charge is 0.312 e. The Kier molecular flexibility index (Phi) is 9.16. The summed E-state index contributed by atoms with van der Waals surface area (Å²) < 4.78 is 12.2. The van der Waals surface area contributed by atoms with Crippen LogP contribution in [0.25, 0.3) is 0 Å². The number of carbonyl (C=O) groups is 3. The minimum Gasteiger partial charge on any atom is -0.465 e. The van der Waals surface area contributed by atoms with Crippen LogP contribution in [0.3, 0.4) is 0 Å². The predicted molar refractivity (Wildman–Crippen MR) is 132 cm³/mol. The van der Waals surface area contributed by atoms with E-state index in [0.29, 0.717) is 32.4 Å². The third-order valence-electron chi connectivity index (χ3n) is 7.81. The van der Waals surface area contributed by atoms with Crippen LogP contribution in [0.2, 0.25) is 0 Å². The molecule has 0 aromatic rings. The summed E-state index contributed by atoms with van der Waals surface area (Å²) in [5.74, 6) is -2.35. The highest BCUT2D eigenvalue weighted by atomic mass is 16.6. The number of hydrogen-bond acceptors (Lipinski definition) is 6. The second kappa shape index (κ2) is 11.7. The maximum absolute atomic E-state index is 14.0. The van der Waals surface area contributed by atoms with Crippen molar-refractivity contribution in [1.82, 2.24) is 9.80 Å². The van der Waals surface area contributed by atoms with Gasteiger partial charge in [-0.25, -0.2) is 0 Å². The van der Waals surface area contributed by atoms with Gasteiger partial charge in [0, 0.05) is 26.2 Å². The molecule has 2 bridgehead atoms. The normalized spacial score (nSPS) is 30.9. The fraction of sp³-hybridized carbons (Fsp3) is 0.741. The second-order valence-electron chi connectivity index (χ2n) is 10.2. The molecule has 3 rings (SSSR count). The van der Waals surface area contributed by atoms with Gasteiger partial charge < -0.3 is 24.4 Å². The van der Waals surface area contributed by atoms with Gasteiger partial charge in [-0.3, -0.25) is 14.4 Å². The van der Waals surface area contributed by atoms with Crippen molar-refractivity contribution in [3.63, 3.8) is 0 Å². The van der Waals surface area contributed by atoms with Crippen LogP contribution < -0.4 is 0 Å². The molecule has 3 heterocycles. The van der Waals surface area contributed by atoms with Gasteiger partial charge in [0.05, 0.1) is 18.1 Å². The molecular weight excluding hydrogens is 448 g/mol. The lowest BCUT2D eigenvalue weighted by molar-refractivity contribution is -0.160. The van der Waals surface area contributed by atoms with Crippen molar-refractivity contribution in [2.45, 2.75) is 82.5 Å². The minimum absolute atomic E-state index is 0.0939. The van der Waals surface area contributed by atoms with E-state index in [2.05, 4.69) is 20.1 Å². The molecule has 1 N–H and O–H groups in total. The second-order valence-corrected chi connectivity index (χ2v) is 10.2. The number of fused-ring (bicyclic) bond motifs is 1. The number of hydrogen-bond donors (Lipinski definition) is 1. The van der Waals surface area contributed by atoms with Gasteiger partial charge >= 0.3 is 5.97 Å². The fourth-order valence-corrected chi connectivity index (χ4v) is 6.17. The summed E-state index contributed by atoms with van der Waals surface area (Å²) in [7, 11) is 0. The topological polar surface area (TPSA) is 96.4 Å². The third-order valence-corrected chi connectivity index (χ3v) is 7.81. The van der Waals surface area contributed by atoms with Crippen molar-refractivity contribution in [3.05, 3.63) is 25.3 Å². The molecule has 1 spiro atoms. The van der Waals surface area contributed by atoms with E-state index in [9.17, 15) is 19.5 Å². The van der Waals surface area contributed by atoms with Crippen molar-refractivity contribution in [2.75, 3.05) is 32.8 Å². The van der Waals surface area contributed by atoms with Gasteiger partial charge in [-0.1, -0.05) is 25.5 Å². The molecule has 3 saturated heterocycles. The summed E-state index contributed by atoms with van der Waals surface area (Å²) in [6, 6.07) is -0.824. The minimum atomic E-state index is -1.06. The number of ether oxygens (including phenoxy) is 2. The van der Waals surface area contributed by atoms with Crippen molar-refractivity contribution in [1.29, 1.82) is 0 Å². The van der Waals surface area contributed by atoms with Crippen molar-refractivity contribution < 1.29 is 29.0 Å². The lowest BCUT2D eigenvalue weighted by Crippen LogP contribution is -2.56. The standard InChI is InChI=1S/C27H42N2O6/c1-5-8-10-11-19-34-25(33)21-20-23(31)29(17-12-18-30)22(27(20)14-13-26(21,4)35-27)24(32)28(15-7-3)16-9-6-2/h5,7,20-22,30H,1,3,6,8-19H2,2,4H3/t20-,21-,22?,26+,27?/m0/s1. The third kappa shape index (κ3) is 5.05. The highest BCUT2D eigenvalue weighted by Crippen LogP contribution is 2.63. The molecule has 0 aromatic carbocycles. The Balaban J connectivity index is 1.91. The van der Waals surface area contributed by atoms with Crippen LogP contribution in [-0.2, 0) is 23.9 Å². The van der Waals surface area contributed by atoms with Crippen molar-refractivity contribution >= 4 is 17.8 Å². The first kappa shape index (κ1) is 27.4. The number of rotatable bonds is 15. The molecule has 0 radical (unpaired) electrons. The number of unbranched alkanes of at least 4 members (excludes halogenated alkanes) is 3. The molecule has 2 unspecified atom stereocenters. The van der Waals surface area contributed by atoms with E-state index in [1.54, 1.807) is 15.9 Å². The molecule has 8 heteroatoms. The highest BCUT2D eigenvalue weighted by Gasteiger charge is 2.78. The van der Waals surface area contributed by atoms with E-state index < -0.39 is 35.0 Å². The SMILES string of the molecule is C=CCCCCOC(=O)[C@@H]1[C@H]2C(=O)N(CCCO)C(C(=O)N(CC=C)CCCC)C23CC[C@@]1(C)O3. The molecule has 196 valence electrons. The molecule has 35 heavy (non-hydrogen) atoms. The average Bonchev–Trinajstić information content (AvgIpc) is 3.40. The molecule has 3 aliphatic heterocycles. The molecule has 5 atom stereocenters. The van der Waals surface area contributed by atoms with Crippen LogP contribution in [0.5, 0.6) is 0 Å². The van der Waals surface area contributed by atoms with Crippen LogP contribution in [-0.4, -0.2) is 82.8 Å². The Morgan fingerprint density at radius 2 is 2.00 bits per heavy atom. The zero-order chi connectivity index (χ0) is 25.6. The van der Waals surface area contributed by atoms with E-state index in [1.165, 1.54) is 0 Å². The van der Waals surface area contributed by atoms with Crippen molar-refractivity contribution in [3.8, 4) is 0 Å². The first-order valence-electron chi connectivity index (χ1n) is 13.1. The zero-order valence-corrected chi connectivity index (χ0v) is 21.4. The summed E-state index contributed by atoms with van der Waals surface area (Å²) in [5, 5.41) is 9.46. The molecule has 8 nitrogen and oxygen atoms in total. The summed E-state index contributed by atoms with van der Waals surface area (Å²) in [5.41, 5.74) is -1.90. The molecule has 0 aromatic heterocycles. The monoisotopic (exact) mass is 490 g/mol. The number of allylic oxidation sites excluding steroid dienone is 1. The Morgan fingerprint density at radius 1 is 1.23 bits per heavy atom. The van der Waals surface area contributed by atoms with Gasteiger partial charge in [0.15, 0.2) is 0 Å². The molecule has 3 fully saturated rings. The van der Waals surface area contributed by atoms with Gasteiger partial charge in [-0.05, 0) is 51.9 Å². The van der Waals surface area contributed by atoms with Crippen LogP contribution in [0.15, 0.2) is 25.3 Å². The summed E-state index contributed by atoms with van der Waals surface area (Å²) in [6.07, 6.45) is 9.23. The molecule has 0 saturated carbocycles. The van der Waals surface area contributed by atoms with Gasteiger partial charge in [0.25, 0.3) is 0 Å². The number of nitrogens with zero attached hydrogens (tertiary/aromatic N) is 2. The van der Waals surface area contributed by atoms with E-state index in [4.69, 9.17) is 9.47 Å². The predicted octanol–water partition coefficient (Wildman–Crippen LogP) is 2.85. The molecule has 3 aliphatic rings. The van der Waals surface area contributed by atoms with Gasteiger partial charge in [0.1, 0.15) is 17.6 Å². The Bertz CT molecular complexity index is 815. The lowest BCUT2D eigenvalue weighted by Gasteiger charge is -2.36. The Labute approximate surface area is 209 Å². The fourth-order valence-electron chi connectivity index (χ4n) is 6.17. The average molecular weight is 491 g/mol. The number of amides is 2. The first-order chi connectivity index (χ1) is 16.8. The number of carbonyl (C=O) groups excluding carboxylic acids is 3. The Hall–Kier alpha value is -2.19. The lowest BCUT2D eigenvalue weighted by atomic mass is 9.66. The van der Waals surface area contributed by atoms with E-state index in [1.807, 2.05) is 13.0 Å². The van der Waals surface area contributed by atoms with Crippen LogP contribution in [0.1, 0.15) is 65.2 Å². The number of likely N-dealkylation sites (tertiary alicyclic amines) is 1. The van der Waals surface area contributed by atoms with E-state index in [-0.39, 0.29) is 31.6 Å². The quantitative estimate of drug-likeness (QED) is 0.215. The highest BCUT2D eigenvalue weighted by molar-refractivity contribution is 5.98. The van der Waals surface area contributed by atoms with Crippen LogP contribution >= 0.6 is 0 Å². The maximum atomic E-state index is 14.0. The molecule has 2 amide bonds. The summed E-state index contributed by atoms with van der Waals surface area (Å²) in [6.45, 7) is 12.8. The largest absolute Gasteiger partial charge is 0.465 e. The molecule has 0 aliphatic carbocycles. The van der Waals surface area contributed by atoms with Gasteiger partial charge in [0.2, 0.25) is 11.8 Å². The number of esters is 1. The van der Waals surface area contributed by atoms with Crippen LogP contribution in [0.4, 0.5) is 0 Å². The van der Waals surface area contributed by atoms with Crippen LogP contribution in [0, 0.1) is 11.8 Å². The number of aliphatic hydroxyl groups excluding tert-OH is 1. The zero-order valence-electron chi connectivity index (χ0n) is 21.4. The Morgan fingerprint density at radius 3 is 2.66 bits per heavy atom. The summed E-state index contributed by atoms with van der Waals surface area (Å²) >= 11 is 0. The van der Waals surface area contributed by atoms with Gasteiger partial charge in [-0.2, -0.15) is 0 Å². The van der Waals surface area contributed by atoms with E-state index >= 15 is 0 Å². The van der Waals surface area contributed by atoms with Gasteiger partial charge in [-0.15, -0.1) is 13.2 Å².